The quantitative estimate of drug-likeness (QED) is 0.738. The molecular formula is C11H15N3O5. The molecule has 0 unspecified atom stereocenters. The first-order valence-corrected chi connectivity index (χ1v) is 5.50. The van der Waals surface area contributed by atoms with Gasteiger partial charge in [0.15, 0.2) is 0 Å². The van der Waals surface area contributed by atoms with Gasteiger partial charge in [0.05, 0.1) is 12.6 Å². The van der Waals surface area contributed by atoms with Crippen LogP contribution in [0.4, 0.5) is 10.5 Å². The molecule has 1 aromatic heterocycles. The van der Waals surface area contributed by atoms with Crippen molar-refractivity contribution < 1.29 is 24.0 Å². The topological polar surface area (TPSA) is 122 Å². The van der Waals surface area contributed by atoms with E-state index < -0.39 is 23.3 Å². The van der Waals surface area contributed by atoms with Crippen molar-refractivity contribution in [3.05, 3.63) is 12.5 Å². The molecule has 0 radical (unpaired) electrons. The van der Waals surface area contributed by atoms with Crippen molar-refractivity contribution >= 4 is 23.6 Å². The van der Waals surface area contributed by atoms with Gasteiger partial charge in [0.25, 0.3) is 0 Å². The van der Waals surface area contributed by atoms with E-state index in [0.717, 1.165) is 0 Å². The Morgan fingerprint density at radius 3 is 2.58 bits per heavy atom. The molecule has 8 heteroatoms. The second-order valence-corrected chi connectivity index (χ2v) is 4.83. The molecule has 8 nitrogen and oxygen atoms in total. The molecule has 0 aliphatic carbocycles. The number of anilines is 1. The number of imide groups is 1. The van der Waals surface area contributed by atoms with Gasteiger partial charge < -0.3 is 14.9 Å². The predicted molar refractivity (Wildman–Crippen MR) is 64.3 cm³/mol. The van der Waals surface area contributed by atoms with Crippen LogP contribution in [0.5, 0.6) is 0 Å². The minimum atomic E-state index is -0.994. The van der Waals surface area contributed by atoms with Crippen molar-refractivity contribution in [3.8, 4) is 0 Å². The fourth-order valence-corrected chi connectivity index (χ4v) is 1.51. The number of aromatic nitrogens is 1. The number of hydrogen-bond donors (Lipinski definition) is 3. The van der Waals surface area contributed by atoms with Gasteiger partial charge in [-0.05, 0) is 5.41 Å². The summed E-state index contributed by atoms with van der Waals surface area (Å²) in [5, 5.41) is 16.5. The average molecular weight is 269 g/mol. The first-order valence-electron chi connectivity index (χ1n) is 5.50. The zero-order valence-corrected chi connectivity index (χ0v) is 10.6. The smallest absolute Gasteiger partial charge is 0.326 e. The summed E-state index contributed by atoms with van der Waals surface area (Å²) in [4.78, 5) is 33.6. The second-order valence-electron chi connectivity index (χ2n) is 4.83. The highest BCUT2D eigenvalue weighted by Crippen LogP contribution is 2.24. The van der Waals surface area contributed by atoms with Gasteiger partial charge in [-0.15, -0.1) is 0 Å². The summed E-state index contributed by atoms with van der Waals surface area (Å²) in [6.45, 7) is 3.28. The number of hydrogen-bond acceptors (Lipinski definition) is 5. The Morgan fingerprint density at radius 1 is 1.37 bits per heavy atom. The number of carboxylic acids is 1. The van der Waals surface area contributed by atoms with E-state index >= 15 is 0 Å². The third-order valence-corrected chi connectivity index (χ3v) is 2.21. The number of rotatable bonds is 5. The van der Waals surface area contributed by atoms with Crippen molar-refractivity contribution in [1.29, 1.82) is 0 Å². The number of amides is 3. The maximum Gasteiger partial charge on any atom is 0.326 e. The summed E-state index contributed by atoms with van der Waals surface area (Å²) in [5.74, 6) is -1.55. The largest absolute Gasteiger partial charge is 0.481 e. The third kappa shape index (κ3) is 5.66. The van der Waals surface area contributed by atoms with Crippen molar-refractivity contribution in [1.82, 2.24) is 10.5 Å². The lowest BCUT2D eigenvalue weighted by Gasteiger charge is -2.21. The lowest BCUT2D eigenvalue weighted by atomic mass is 9.85. The van der Waals surface area contributed by atoms with Crippen LogP contribution in [0.1, 0.15) is 26.7 Å². The van der Waals surface area contributed by atoms with Gasteiger partial charge in [-0.2, -0.15) is 0 Å². The molecule has 1 heterocycles. The molecule has 0 fully saturated rings. The number of carboxylic acid groups (broad SMARTS) is 1. The maximum atomic E-state index is 11.6. The van der Waals surface area contributed by atoms with Gasteiger partial charge in [0.2, 0.25) is 5.91 Å². The molecule has 0 saturated carbocycles. The van der Waals surface area contributed by atoms with E-state index in [1.807, 2.05) is 0 Å². The Morgan fingerprint density at radius 2 is 2.05 bits per heavy atom. The Kier molecular flexibility index (Phi) is 4.62. The number of carbonyl (C=O) groups excluding carboxylic acids is 2. The predicted octanol–water partition coefficient (Wildman–Crippen LogP) is 1.21. The summed E-state index contributed by atoms with van der Waals surface area (Å²) >= 11 is 0. The molecule has 0 bridgehead atoms. The van der Waals surface area contributed by atoms with Gasteiger partial charge in [0.1, 0.15) is 12.0 Å². The average Bonchev–Trinajstić information content (AvgIpc) is 2.65. The van der Waals surface area contributed by atoms with Crippen LogP contribution in [0.3, 0.4) is 0 Å². The van der Waals surface area contributed by atoms with Crippen molar-refractivity contribution in [3.63, 3.8) is 0 Å². The summed E-state index contributed by atoms with van der Waals surface area (Å²) < 4.78 is 4.50. The number of carbonyl (C=O) groups is 3. The molecule has 1 rings (SSSR count). The number of nitrogens with one attached hydrogen (secondary N) is 2. The highest BCUT2D eigenvalue weighted by molar-refractivity contribution is 6.01. The van der Waals surface area contributed by atoms with Crippen LogP contribution in [0, 0.1) is 5.41 Å². The van der Waals surface area contributed by atoms with E-state index in [4.69, 9.17) is 5.11 Å². The highest BCUT2D eigenvalue weighted by atomic mass is 16.5. The lowest BCUT2D eigenvalue weighted by molar-refractivity contribution is -0.139. The maximum absolute atomic E-state index is 11.6. The van der Waals surface area contributed by atoms with Crippen molar-refractivity contribution in [2.75, 3.05) is 5.32 Å². The van der Waals surface area contributed by atoms with Crippen LogP contribution in [-0.4, -0.2) is 28.2 Å². The van der Waals surface area contributed by atoms with Crippen LogP contribution in [0.2, 0.25) is 0 Å². The summed E-state index contributed by atoms with van der Waals surface area (Å²) in [6, 6.07) is -0.723. The zero-order valence-electron chi connectivity index (χ0n) is 10.6. The minimum absolute atomic E-state index is 0.0731. The first-order chi connectivity index (χ1) is 8.78. The lowest BCUT2D eigenvalue weighted by Crippen LogP contribution is -2.37. The Hall–Kier alpha value is -2.38. The van der Waals surface area contributed by atoms with Crippen LogP contribution in [0.25, 0.3) is 0 Å². The fourth-order valence-electron chi connectivity index (χ4n) is 1.51. The number of urea groups is 1. The molecule has 3 amide bonds. The standard InChI is InChI=1S/C11H15N3O5/c1-11(2,4-9(16)17)3-8(15)14-10(18)13-7-5-12-19-6-7/h5-6H,3-4H2,1-2H3,(H,16,17)(H2,13,14,15,18). The van der Waals surface area contributed by atoms with Crippen LogP contribution in [-0.2, 0) is 9.59 Å². The second kappa shape index (κ2) is 5.98. The Bertz CT molecular complexity index is 467. The molecule has 0 saturated heterocycles. The summed E-state index contributed by atoms with van der Waals surface area (Å²) in [6.07, 6.45) is 2.25. The monoisotopic (exact) mass is 269 g/mol. The van der Waals surface area contributed by atoms with E-state index in [0.29, 0.717) is 5.69 Å². The minimum Gasteiger partial charge on any atom is -0.481 e. The highest BCUT2D eigenvalue weighted by Gasteiger charge is 2.26. The molecule has 0 aromatic carbocycles. The van der Waals surface area contributed by atoms with Crippen LogP contribution >= 0.6 is 0 Å². The zero-order chi connectivity index (χ0) is 14.5. The van der Waals surface area contributed by atoms with Gasteiger partial charge in [-0.1, -0.05) is 19.0 Å². The van der Waals surface area contributed by atoms with Gasteiger partial charge >= 0.3 is 12.0 Å². The molecule has 1 aromatic rings. The molecule has 104 valence electrons. The van der Waals surface area contributed by atoms with E-state index in [1.54, 1.807) is 13.8 Å². The van der Waals surface area contributed by atoms with E-state index in [-0.39, 0.29) is 12.8 Å². The van der Waals surface area contributed by atoms with Gasteiger partial charge in [0, 0.05) is 6.42 Å². The Balaban J connectivity index is 2.42. The Labute approximate surface area is 109 Å². The molecule has 3 N–H and O–H groups in total. The van der Waals surface area contributed by atoms with Crippen LogP contribution < -0.4 is 10.6 Å². The molecule has 19 heavy (non-hydrogen) atoms. The van der Waals surface area contributed by atoms with Crippen molar-refractivity contribution in [2.45, 2.75) is 26.7 Å². The van der Waals surface area contributed by atoms with E-state index in [9.17, 15) is 14.4 Å². The van der Waals surface area contributed by atoms with Crippen LogP contribution in [0.15, 0.2) is 17.0 Å². The van der Waals surface area contributed by atoms with Gasteiger partial charge in [-0.3, -0.25) is 14.9 Å². The SMILES string of the molecule is CC(C)(CC(=O)O)CC(=O)NC(=O)Nc1cnoc1. The number of aliphatic carboxylic acids is 1. The molecule has 0 aliphatic heterocycles. The normalized spacial score (nSPS) is 10.8. The summed E-state index contributed by atoms with van der Waals surface area (Å²) in [5.41, 5.74) is -0.414. The number of nitrogens with zero attached hydrogens (tertiary/aromatic N) is 1. The third-order valence-electron chi connectivity index (χ3n) is 2.21. The van der Waals surface area contributed by atoms with Crippen molar-refractivity contribution in [2.24, 2.45) is 5.41 Å². The van der Waals surface area contributed by atoms with Gasteiger partial charge in [-0.25, -0.2) is 4.79 Å². The fraction of sp³-hybridized carbons (Fsp3) is 0.455. The first kappa shape index (κ1) is 14.7. The molecule has 0 spiro atoms. The van der Waals surface area contributed by atoms with E-state index in [1.165, 1.54) is 12.5 Å². The summed E-state index contributed by atoms with van der Waals surface area (Å²) in [7, 11) is 0. The molecule has 0 atom stereocenters. The van der Waals surface area contributed by atoms with E-state index in [2.05, 4.69) is 20.3 Å². The molecular weight excluding hydrogens is 254 g/mol. The molecule has 0 aliphatic rings.